The smallest absolute Gasteiger partial charge is 0.314 e. The molecule has 0 spiro atoms. The number of rotatable bonds is 24. The first-order valence-corrected chi connectivity index (χ1v) is 14.2. The van der Waals surface area contributed by atoms with Crippen LogP contribution in [0.25, 0.3) is 0 Å². The molecule has 0 saturated carbocycles. The van der Waals surface area contributed by atoms with E-state index in [0.29, 0.717) is 0 Å². The SMILES string of the molecule is CCCCCCCC/C=C\CCCCCCCC(=O)C(CCCC(=O)O)C(=O)O.CCCCCN. The first-order valence-electron chi connectivity index (χ1n) is 14.2. The van der Waals surface area contributed by atoms with Crippen molar-refractivity contribution in [1.82, 2.24) is 0 Å². The number of carboxylic acids is 2. The largest absolute Gasteiger partial charge is 0.481 e. The molecule has 0 aliphatic carbocycles. The van der Waals surface area contributed by atoms with E-state index < -0.39 is 17.9 Å². The predicted molar refractivity (Wildman–Crippen MR) is 146 cm³/mol. The first kappa shape index (κ1) is 35.5. The molecule has 1 unspecified atom stereocenters. The molecule has 0 aromatic carbocycles. The maximum Gasteiger partial charge on any atom is 0.314 e. The molecule has 0 rings (SSSR count). The van der Waals surface area contributed by atoms with E-state index in [2.05, 4.69) is 26.0 Å². The molecule has 4 N–H and O–H groups in total. The molecule has 1 atom stereocenters. The van der Waals surface area contributed by atoms with Crippen molar-refractivity contribution >= 4 is 17.7 Å². The Labute approximate surface area is 215 Å². The molecular weight excluding hydrogens is 442 g/mol. The molecule has 0 aromatic rings. The highest BCUT2D eigenvalue weighted by molar-refractivity contribution is 5.98. The number of carboxylic acid groups (broad SMARTS) is 2. The zero-order chi connectivity index (χ0) is 26.6. The highest BCUT2D eigenvalue weighted by atomic mass is 16.4. The number of aliphatic carboxylic acids is 2. The van der Waals surface area contributed by atoms with Gasteiger partial charge in [0.1, 0.15) is 11.7 Å². The Morgan fingerprint density at radius 2 is 1.14 bits per heavy atom. The van der Waals surface area contributed by atoms with Crippen LogP contribution in [0.3, 0.4) is 0 Å². The summed E-state index contributed by atoms with van der Waals surface area (Å²) >= 11 is 0. The van der Waals surface area contributed by atoms with Gasteiger partial charge in [-0.1, -0.05) is 90.2 Å². The maximum atomic E-state index is 12.1. The molecule has 0 aliphatic rings. The van der Waals surface area contributed by atoms with E-state index in [1.54, 1.807) is 0 Å². The van der Waals surface area contributed by atoms with E-state index in [1.165, 1.54) is 64.2 Å². The minimum absolute atomic E-state index is 0.0928. The van der Waals surface area contributed by atoms with Gasteiger partial charge in [0.25, 0.3) is 0 Å². The van der Waals surface area contributed by atoms with E-state index in [0.717, 1.165) is 45.1 Å². The van der Waals surface area contributed by atoms with E-state index in [-0.39, 0.29) is 31.5 Å². The fourth-order valence-electron chi connectivity index (χ4n) is 3.82. The van der Waals surface area contributed by atoms with Gasteiger partial charge in [-0.25, -0.2) is 0 Å². The number of carbonyl (C=O) groups is 3. The summed E-state index contributed by atoms with van der Waals surface area (Å²) in [6.45, 7) is 5.27. The molecule has 6 heteroatoms. The lowest BCUT2D eigenvalue weighted by Crippen LogP contribution is -2.24. The lowest BCUT2D eigenvalue weighted by molar-refractivity contribution is -0.147. The molecule has 0 heterocycles. The molecule has 0 bridgehead atoms. The molecule has 6 nitrogen and oxygen atoms in total. The Balaban J connectivity index is 0. The van der Waals surface area contributed by atoms with Crippen LogP contribution in [-0.2, 0) is 14.4 Å². The van der Waals surface area contributed by atoms with Gasteiger partial charge in [-0.05, 0) is 57.9 Å². The van der Waals surface area contributed by atoms with Crippen LogP contribution in [0.1, 0.15) is 142 Å². The van der Waals surface area contributed by atoms with Crippen molar-refractivity contribution < 1.29 is 24.6 Å². The molecule has 35 heavy (non-hydrogen) atoms. The summed E-state index contributed by atoms with van der Waals surface area (Å²) in [5.41, 5.74) is 5.21. The molecular formula is C29H55NO5. The second-order valence-corrected chi connectivity index (χ2v) is 9.47. The summed E-state index contributed by atoms with van der Waals surface area (Å²) in [5, 5.41) is 17.8. The van der Waals surface area contributed by atoms with Crippen molar-refractivity contribution in [3.05, 3.63) is 12.2 Å². The summed E-state index contributed by atoms with van der Waals surface area (Å²) in [7, 11) is 0. The number of unbranched alkanes of at least 4 members (excludes halogenated alkanes) is 13. The molecule has 0 fully saturated rings. The van der Waals surface area contributed by atoms with Crippen molar-refractivity contribution in [3.8, 4) is 0 Å². The second kappa shape index (κ2) is 28.5. The molecule has 206 valence electrons. The van der Waals surface area contributed by atoms with Crippen LogP contribution >= 0.6 is 0 Å². The summed E-state index contributed by atoms with van der Waals surface area (Å²) < 4.78 is 0. The zero-order valence-corrected chi connectivity index (χ0v) is 22.8. The van der Waals surface area contributed by atoms with Gasteiger partial charge in [-0.3, -0.25) is 14.4 Å². The number of Topliss-reactive ketones (excluding diaryl/α,β-unsaturated/α-hetero) is 1. The predicted octanol–water partition coefficient (Wildman–Crippen LogP) is 7.68. The zero-order valence-electron chi connectivity index (χ0n) is 22.8. The van der Waals surface area contributed by atoms with E-state index in [1.807, 2.05) is 0 Å². The van der Waals surface area contributed by atoms with Crippen molar-refractivity contribution in [1.29, 1.82) is 0 Å². The monoisotopic (exact) mass is 497 g/mol. The van der Waals surface area contributed by atoms with Crippen molar-refractivity contribution in [3.63, 3.8) is 0 Å². The number of allylic oxidation sites excluding steroid dienone is 2. The van der Waals surface area contributed by atoms with Crippen LogP contribution in [0, 0.1) is 5.92 Å². The lowest BCUT2D eigenvalue weighted by atomic mass is 9.93. The Morgan fingerprint density at radius 3 is 1.60 bits per heavy atom. The summed E-state index contributed by atoms with van der Waals surface area (Å²) in [5.74, 6) is -3.40. The molecule has 0 saturated heterocycles. The summed E-state index contributed by atoms with van der Waals surface area (Å²) in [4.78, 5) is 33.8. The average Bonchev–Trinajstić information content (AvgIpc) is 2.82. The lowest BCUT2D eigenvalue weighted by Gasteiger charge is -2.10. The fourth-order valence-corrected chi connectivity index (χ4v) is 3.82. The quantitative estimate of drug-likeness (QED) is 0.0714. The van der Waals surface area contributed by atoms with Crippen LogP contribution in [0.4, 0.5) is 0 Å². The van der Waals surface area contributed by atoms with Crippen LogP contribution in [-0.4, -0.2) is 34.5 Å². The Hall–Kier alpha value is -1.69. The van der Waals surface area contributed by atoms with Gasteiger partial charge < -0.3 is 15.9 Å². The Kier molecular flexibility index (Phi) is 28.9. The third kappa shape index (κ3) is 28.4. The van der Waals surface area contributed by atoms with Crippen molar-refractivity contribution in [2.24, 2.45) is 11.7 Å². The summed E-state index contributed by atoms with van der Waals surface area (Å²) in [6.07, 6.45) is 24.2. The van der Waals surface area contributed by atoms with Crippen molar-refractivity contribution in [2.45, 2.75) is 142 Å². The second-order valence-electron chi connectivity index (χ2n) is 9.47. The van der Waals surface area contributed by atoms with Crippen LogP contribution in [0.5, 0.6) is 0 Å². The highest BCUT2D eigenvalue weighted by Crippen LogP contribution is 2.16. The highest BCUT2D eigenvalue weighted by Gasteiger charge is 2.25. The van der Waals surface area contributed by atoms with Gasteiger partial charge in [0.2, 0.25) is 0 Å². The topological polar surface area (TPSA) is 118 Å². The number of hydrogen-bond acceptors (Lipinski definition) is 4. The molecule has 0 aliphatic heterocycles. The number of hydrogen-bond donors (Lipinski definition) is 3. The van der Waals surface area contributed by atoms with E-state index >= 15 is 0 Å². The van der Waals surface area contributed by atoms with Gasteiger partial charge in [0, 0.05) is 12.8 Å². The molecule has 0 amide bonds. The number of nitrogens with two attached hydrogens (primary N) is 1. The third-order valence-electron chi connectivity index (χ3n) is 6.06. The van der Waals surface area contributed by atoms with Gasteiger partial charge >= 0.3 is 11.9 Å². The van der Waals surface area contributed by atoms with E-state index in [9.17, 15) is 14.4 Å². The van der Waals surface area contributed by atoms with Crippen molar-refractivity contribution in [2.75, 3.05) is 6.54 Å². The Morgan fingerprint density at radius 1 is 0.657 bits per heavy atom. The van der Waals surface area contributed by atoms with Gasteiger partial charge in [-0.2, -0.15) is 0 Å². The molecule has 0 radical (unpaired) electrons. The van der Waals surface area contributed by atoms with Gasteiger partial charge in [0.05, 0.1) is 0 Å². The average molecular weight is 498 g/mol. The minimum Gasteiger partial charge on any atom is -0.481 e. The fraction of sp³-hybridized carbons (Fsp3) is 0.828. The maximum absolute atomic E-state index is 12.1. The minimum atomic E-state index is -1.13. The first-order chi connectivity index (χ1) is 16.9. The van der Waals surface area contributed by atoms with Crippen LogP contribution in [0.15, 0.2) is 12.2 Å². The van der Waals surface area contributed by atoms with Crippen LogP contribution < -0.4 is 5.73 Å². The Bertz CT molecular complexity index is 529. The number of ketones is 1. The van der Waals surface area contributed by atoms with Gasteiger partial charge in [0.15, 0.2) is 0 Å². The number of carbonyl (C=O) groups excluding carboxylic acids is 1. The van der Waals surface area contributed by atoms with Gasteiger partial charge in [-0.15, -0.1) is 0 Å². The standard InChI is InChI=1S/C24H42O5.C5H13N/c1-2-3-4-5-6-7-8-9-10-11-12-13-14-15-16-19-22(25)21(24(28)29)18-17-20-23(26)27;1-2-3-4-5-6/h9-10,21H,2-8,11-20H2,1H3,(H,26,27)(H,28,29);2-6H2,1H3/b10-9-;. The molecule has 0 aromatic heterocycles. The summed E-state index contributed by atoms with van der Waals surface area (Å²) in [6, 6.07) is 0. The van der Waals surface area contributed by atoms with Crippen LogP contribution in [0.2, 0.25) is 0 Å². The third-order valence-corrected chi connectivity index (χ3v) is 6.06. The normalized spacial score (nSPS) is 11.7. The van der Waals surface area contributed by atoms with E-state index in [4.69, 9.17) is 15.9 Å².